The summed E-state index contributed by atoms with van der Waals surface area (Å²) in [5.41, 5.74) is 10.4. The molecule has 3 aliphatic rings. The molecular weight excluding hydrogens is 1040 g/mol. The number of aryl methyl sites for hydroxylation is 3. The van der Waals surface area contributed by atoms with Gasteiger partial charge in [-0.1, -0.05) is 53.0 Å². The number of carbonyl (C=O) groups is 2. The fraction of sp³-hybridized carbons (Fsp3) is 0.509. The van der Waals surface area contributed by atoms with Gasteiger partial charge in [0.15, 0.2) is 11.6 Å². The van der Waals surface area contributed by atoms with Crippen LogP contribution in [-0.4, -0.2) is 145 Å². The van der Waals surface area contributed by atoms with E-state index in [0.29, 0.717) is 140 Å². The summed E-state index contributed by atoms with van der Waals surface area (Å²) in [5.74, 6) is 3.10. The highest BCUT2D eigenvalue weighted by Crippen LogP contribution is 2.43. The number of hydrogen-bond acceptors (Lipinski definition) is 16. The van der Waals surface area contributed by atoms with E-state index in [1.165, 1.54) is 16.0 Å². The number of aromatic nitrogens is 6. The summed E-state index contributed by atoms with van der Waals surface area (Å²) in [5, 5.41) is 20.2. The maximum absolute atomic E-state index is 13.3. The minimum atomic E-state index is -0.480. The first kappa shape index (κ1) is 58.0. The van der Waals surface area contributed by atoms with Crippen molar-refractivity contribution in [1.82, 2.24) is 29.5 Å². The van der Waals surface area contributed by atoms with Crippen LogP contribution >= 0.6 is 34.5 Å². The van der Waals surface area contributed by atoms with Crippen LogP contribution in [0.1, 0.15) is 121 Å². The van der Waals surface area contributed by atoms with Crippen molar-refractivity contribution in [3.05, 3.63) is 126 Å². The van der Waals surface area contributed by atoms with E-state index in [1.807, 2.05) is 62.4 Å². The van der Waals surface area contributed by atoms with Crippen LogP contribution in [0.3, 0.4) is 0 Å². The molecule has 0 amide bonds. The van der Waals surface area contributed by atoms with E-state index >= 15 is 0 Å². The Morgan fingerprint density at radius 2 is 0.948 bits per heavy atom. The van der Waals surface area contributed by atoms with Crippen molar-refractivity contribution in [2.24, 2.45) is 9.98 Å². The Morgan fingerprint density at radius 3 is 1.42 bits per heavy atom. The molecule has 1 aliphatic carbocycles. The highest BCUT2D eigenvalue weighted by molar-refractivity contribution is 7.15. The van der Waals surface area contributed by atoms with Crippen molar-refractivity contribution < 1.29 is 42.7 Å². The predicted molar refractivity (Wildman–Crippen MR) is 298 cm³/mol. The van der Waals surface area contributed by atoms with Gasteiger partial charge in [0.05, 0.1) is 90.7 Å². The maximum atomic E-state index is 13.3. The van der Waals surface area contributed by atoms with E-state index in [-0.39, 0.29) is 24.4 Å². The van der Waals surface area contributed by atoms with Crippen molar-refractivity contribution in [3.8, 4) is 5.00 Å². The van der Waals surface area contributed by atoms with Gasteiger partial charge in [0, 0.05) is 88.2 Å². The number of nitrogens with zero attached hydrogens (tertiary/aromatic N) is 8. The molecule has 1 unspecified atom stereocenters. The number of thiophene rings is 1. The molecule has 2 aromatic carbocycles. The molecular formula is C57H70Cl2N8O9S. The Labute approximate surface area is 465 Å². The lowest BCUT2D eigenvalue weighted by Gasteiger charge is -2.14. The summed E-state index contributed by atoms with van der Waals surface area (Å²) in [6.07, 6.45) is 3.16. The molecule has 0 saturated carbocycles. The molecule has 412 valence electrons. The smallest absolute Gasteiger partial charge is 0.163 e. The normalized spacial score (nSPS) is 16.0. The number of fused-ring (bicyclic) bond motifs is 5. The molecule has 77 heavy (non-hydrogen) atoms. The SMILES string of the molecule is CC1=C(C)C2=C(C1)n1c(C)nnc1[C@H](CC(=O)CCCOCCOCCOCCOCCOCCOCCOCCCC(=O)CC1N=C(c3ccc(Cl)cc3)c3c(sc(C)c3C)-n3c(C)nnc31)N=C2c1ccc(Cl)cc1. The molecule has 20 heteroatoms. The van der Waals surface area contributed by atoms with E-state index in [0.717, 1.165) is 68.0 Å². The van der Waals surface area contributed by atoms with Gasteiger partial charge in [-0.05, 0) is 89.8 Å². The third kappa shape index (κ3) is 15.2. The van der Waals surface area contributed by atoms with Crippen LogP contribution in [0.15, 0.2) is 75.2 Å². The third-order valence-electron chi connectivity index (χ3n) is 13.7. The van der Waals surface area contributed by atoms with Crippen LogP contribution < -0.4 is 0 Å². The van der Waals surface area contributed by atoms with E-state index in [4.69, 9.17) is 66.3 Å². The second kappa shape index (κ2) is 28.7. The Bertz CT molecular complexity index is 2940. The molecule has 0 radical (unpaired) electrons. The predicted octanol–water partition coefficient (Wildman–Crippen LogP) is 10.1. The number of hydrogen-bond donors (Lipinski definition) is 0. The number of carbonyl (C=O) groups excluding carboxylic acids is 2. The average Bonchev–Trinajstić information content (AvgIpc) is 4.18. The molecule has 0 bridgehead atoms. The third-order valence-corrected chi connectivity index (χ3v) is 15.4. The van der Waals surface area contributed by atoms with E-state index in [1.54, 1.807) is 11.3 Å². The van der Waals surface area contributed by atoms with Crippen LogP contribution in [0, 0.1) is 27.7 Å². The zero-order valence-corrected chi connectivity index (χ0v) is 47.4. The molecule has 3 aromatic heterocycles. The molecule has 8 rings (SSSR count). The standard InChI is InChI=1S/C57H70Cl2N8O9S/c1-36-33-50-51(37(36)2)53(42-11-15-44(58)16-12-42)60-48(55-64-62-40(5)66(50)55)34-46(68)9-7-19-70-21-23-72-25-27-74-29-31-76-32-30-75-28-26-73-24-22-71-20-8-10-47(69)35-49-56-65-63-41(6)67(56)57-52(38(3)39(4)77-57)54(61-49)43-13-17-45(59)18-14-43/h11-18,48-49H,7-10,19-35H2,1-6H3/t48-,49?/m0/s1. The summed E-state index contributed by atoms with van der Waals surface area (Å²) < 4.78 is 43.7. The quantitative estimate of drug-likeness (QED) is 0.0371. The van der Waals surface area contributed by atoms with Crippen LogP contribution in [0.5, 0.6) is 0 Å². The zero-order chi connectivity index (χ0) is 54.3. The number of aliphatic imine (C=N–C) groups is 2. The topological polar surface area (TPSA) is 185 Å². The van der Waals surface area contributed by atoms with Gasteiger partial charge in [-0.15, -0.1) is 31.7 Å². The summed E-state index contributed by atoms with van der Waals surface area (Å²) in [7, 11) is 0. The Balaban J connectivity index is 0.601. The molecule has 2 aliphatic heterocycles. The summed E-state index contributed by atoms with van der Waals surface area (Å²) in [6.45, 7) is 18.6. The average molecular weight is 1110 g/mol. The van der Waals surface area contributed by atoms with Crippen molar-refractivity contribution in [3.63, 3.8) is 0 Å². The van der Waals surface area contributed by atoms with Gasteiger partial charge in [-0.2, -0.15) is 0 Å². The second-order valence-electron chi connectivity index (χ2n) is 19.2. The molecule has 5 aromatic rings. The van der Waals surface area contributed by atoms with Crippen LogP contribution in [0.25, 0.3) is 10.7 Å². The molecule has 0 N–H and O–H groups in total. The number of halogens is 2. The number of ether oxygens (including phenoxy) is 7. The van der Waals surface area contributed by atoms with Crippen LogP contribution in [0.4, 0.5) is 0 Å². The monoisotopic (exact) mass is 1110 g/mol. The first-order chi connectivity index (χ1) is 37.4. The number of ketones is 2. The first-order valence-corrected chi connectivity index (χ1v) is 28.1. The molecule has 5 heterocycles. The highest BCUT2D eigenvalue weighted by atomic mass is 35.5. The van der Waals surface area contributed by atoms with Gasteiger partial charge in [-0.3, -0.25) is 28.7 Å². The Kier molecular flexibility index (Phi) is 21.6. The van der Waals surface area contributed by atoms with Gasteiger partial charge in [0.25, 0.3) is 0 Å². The van der Waals surface area contributed by atoms with E-state index in [2.05, 4.69) is 57.2 Å². The fourth-order valence-electron chi connectivity index (χ4n) is 9.51. The zero-order valence-electron chi connectivity index (χ0n) is 45.0. The minimum absolute atomic E-state index is 0.0900. The molecule has 0 spiro atoms. The van der Waals surface area contributed by atoms with Gasteiger partial charge in [-0.25, -0.2) is 0 Å². The van der Waals surface area contributed by atoms with Crippen LogP contribution in [0.2, 0.25) is 10.0 Å². The first-order valence-electron chi connectivity index (χ1n) is 26.5. The number of rotatable bonds is 32. The molecule has 0 saturated heterocycles. The van der Waals surface area contributed by atoms with Gasteiger partial charge < -0.3 is 33.2 Å². The van der Waals surface area contributed by atoms with Crippen LogP contribution in [-0.2, 0) is 42.7 Å². The molecule has 0 fully saturated rings. The van der Waals surface area contributed by atoms with Crippen molar-refractivity contribution in [2.45, 2.75) is 98.6 Å². The molecule has 17 nitrogen and oxygen atoms in total. The van der Waals surface area contributed by atoms with Crippen molar-refractivity contribution in [1.29, 1.82) is 0 Å². The molecule has 2 atom stereocenters. The summed E-state index contributed by atoms with van der Waals surface area (Å²) in [4.78, 5) is 38.3. The van der Waals surface area contributed by atoms with E-state index < -0.39 is 12.1 Å². The van der Waals surface area contributed by atoms with E-state index in [9.17, 15) is 9.59 Å². The second-order valence-corrected chi connectivity index (χ2v) is 21.3. The number of benzene rings is 2. The lowest BCUT2D eigenvalue weighted by atomic mass is 9.97. The lowest BCUT2D eigenvalue weighted by Crippen LogP contribution is -2.15. The van der Waals surface area contributed by atoms with Gasteiger partial charge >= 0.3 is 0 Å². The number of allylic oxidation sites excluding steroid dienone is 4. The summed E-state index contributed by atoms with van der Waals surface area (Å²) >= 11 is 14.2. The maximum Gasteiger partial charge on any atom is 0.163 e. The van der Waals surface area contributed by atoms with Gasteiger partial charge in [0.2, 0.25) is 0 Å². The highest BCUT2D eigenvalue weighted by Gasteiger charge is 2.35. The lowest BCUT2D eigenvalue weighted by molar-refractivity contribution is -0.120. The van der Waals surface area contributed by atoms with Crippen molar-refractivity contribution in [2.75, 3.05) is 92.5 Å². The van der Waals surface area contributed by atoms with Gasteiger partial charge in [0.1, 0.15) is 40.3 Å². The largest absolute Gasteiger partial charge is 0.379 e. The van der Waals surface area contributed by atoms with Crippen molar-refractivity contribution >= 4 is 63.2 Å². The Morgan fingerprint density at radius 1 is 0.545 bits per heavy atom. The summed E-state index contributed by atoms with van der Waals surface area (Å²) in [6, 6.07) is 14.4. The minimum Gasteiger partial charge on any atom is -0.379 e. The fourth-order valence-corrected chi connectivity index (χ4v) is 11.0. The Hall–Kier alpha value is -5.12. The number of Topliss-reactive ketones (excluding diaryl/α,β-unsaturated/α-hetero) is 2.